The Morgan fingerprint density at radius 3 is 3.00 bits per heavy atom. The van der Waals surface area contributed by atoms with Gasteiger partial charge in [-0.15, -0.1) is 0 Å². The van der Waals surface area contributed by atoms with Gasteiger partial charge in [-0.2, -0.15) is 0 Å². The van der Waals surface area contributed by atoms with E-state index < -0.39 is 6.10 Å². The number of unbranched alkanes of at least 4 members (excludes halogenated alkanes) is 1. The highest BCUT2D eigenvalue weighted by molar-refractivity contribution is 9.10. The summed E-state index contributed by atoms with van der Waals surface area (Å²) in [4.78, 5) is 4.13. The van der Waals surface area contributed by atoms with E-state index in [1.54, 1.807) is 6.20 Å². The summed E-state index contributed by atoms with van der Waals surface area (Å²) in [7, 11) is 0. The van der Waals surface area contributed by atoms with Crippen LogP contribution in [0.15, 0.2) is 22.8 Å². The summed E-state index contributed by atoms with van der Waals surface area (Å²) >= 11 is 3.37. The van der Waals surface area contributed by atoms with Gasteiger partial charge in [0.1, 0.15) is 0 Å². The number of nitrogens with zero attached hydrogens (tertiary/aromatic N) is 1. The Morgan fingerprint density at radius 2 is 2.38 bits per heavy atom. The third-order valence-electron chi connectivity index (χ3n) is 1.93. The van der Waals surface area contributed by atoms with Crippen LogP contribution in [0, 0.1) is 0 Å². The number of aliphatic hydroxyl groups is 1. The molecule has 0 fully saturated rings. The first-order valence-corrected chi connectivity index (χ1v) is 5.33. The van der Waals surface area contributed by atoms with Crippen LogP contribution in [0.2, 0.25) is 0 Å². The largest absolute Gasteiger partial charge is 0.387 e. The maximum atomic E-state index is 9.74. The van der Waals surface area contributed by atoms with E-state index in [1.807, 2.05) is 12.1 Å². The lowest BCUT2D eigenvalue weighted by atomic mass is 10.1. The zero-order valence-corrected chi connectivity index (χ0v) is 9.29. The number of aromatic nitrogens is 1. The van der Waals surface area contributed by atoms with E-state index in [9.17, 15) is 5.11 Å². The summed E-state index contributed by atoms with van der Waals surface area (Å²) in [6.07, 6.45) is 4.18. The minimum atomic E-state index is -0.435. The maximum absolute atomic E-state index is 9.74. The second-order valence-corrected chi connectivity index (χ2v) is 3.88. The molecule has 3 heteroatoms. The van der Waals surface area contributed by atoms with Crippen molar-refractivity contribution in [1.29, 1.82) is 0 Å². The molecule has 0 spiro atoms. The Bertz CT molecular complexity index is 265. The molecule has 0 saturated carbocycles. The lowest BCUT2D eigenvalue weighted by Gasteiger charge is -2.10. The Hall–Kier alpha value is -0.410. The fraction of sp³-hybridized carbons (Fsp3) is 0.500. The Morgan fingerprint density at radius 1 is 1.62 bits per heavy atom. The van der Waals surface area contributed by atoms with Crippen LogP contribution in [0.4, 0.5) is 0 Å². The molecule has 0 radical (unpaired) electrons. The van der Waals surface area contributed by atoms with Crippen LogP contribution in [-0.2, 0) is 0 Å². The summed E-state index contributed by atoms with van der Waals surface area (Å²) in [5, 5.41) is 9.74. The van der Waals surface area contributed by atoms with Gasteiger partial charge in [0.15, 0.2) is 0 Å². The minimum absolute atomic E-state index is 0.435. The molecule has 0 aliphatic carbocycles. The number of pyridine rings is 1. The second-order valence-electron chi connectivity index (χ2n) is 3.03. The van der Waals surface area contributed by atoms with Crippen molar-refractivity contribution >= 4 is 15.9 Å². The third kappa shape index (κ3) is 3.08. The van der Waals surface area contributed by atoms with Crippen molar-refractivity contribution in [3.8, 4) is 0 Å². The van der Waals surface area contributed by atoms with Gasteiger partial charge in [0.2, 0.25) is 0 Å². The van der Waals surface area contributed by atoms with Crippen LogP contribution in [-0.4, -0.2) is 10.1 Å². The van der Waals surface area contributed by atoms with Crippen LogP contribution < -0.4 is 0 Å². The molecule has 1 rings (SSSR count). The third-order valence-corrected chi connectivity index (χ3v) is 2.60. The van der Waals surface area contributed by atoms with E-state index in [4.69, 9.17) is 0 Å². The molecule has 0 saturated heterocycles. The van der Waals surface area contributed by atoms with Gasteiger partial charge in [0, 0.05) is 10.7 Å². The summed E-state index contributed by atoms with van der Waals surface area (Å²) in [6, 6.07) is 3.75. The molecule has 1 unspecified atom stereocenters. The number of hydrogen-bond donors (Lipinski definition) is 1. The minimum Gasteiger partial charge on any atom is -0.387 e. The quantitative estimate of drug-likeness (QED) is 0.882. The van der Waals surface area contributed by atoms with Crippen molar-refractivity contribution in [2.75, 3.05) is 0 Å². The Kier molecular flexibility index (Phi) is 4.39. The van der Waals surface area contributed by atoms with Gasteiger partial charge >= 0.3 is 0 Å². The number of halogens is 1. The van der Waals surface area contributed by atoms with Gasteiger partial charge in [-0.25, -0.2) is 0 Å². The molecular formula is C10H14BrNO. The first kappa shape index (κ1) is 10.7. The van der Waals surface area contributed by atoms with Crippen molar-refractivity contribution in [3.05, 3.63) is 28.5 Å². The second kappa shape index (κ2) is 5.35. The number of aliphatic hydroxyl groups excluding tert-OH is 1. The molecule has 0 aliphatic heterocycles. The van der Waals surface area contributed by atoms with Gasteiger partial charge in [-0.05, 0) is 34.5 Å². The molecule has 1 heterocycles. The highest BCUT2D eigenvalue weighted by atomic mass is 79.9. The van der Waals surface area contributed by atoms with Crippen molar-refractivity contribution < 1.29 is 5.11 Å². The van der Waals surface area contributed by atoms with Crippen molar-refractivity contribution in [1.82, 2.24) is 4.98 Å². The van der Waals surface area contributed by atoms with Crippen LogP contribution in [0.5, 0.6) is 0 Å². The van der Waals surface area contributed by atoms with Gasteiger partial charge in [-0.3, -0.25) is 4.98 Å². The highest BCUT2D eigenvalue weighted by Gasteiger charge is 2.10. The van der Waals surface area contributed by atoms with Gasteiger partial charge < -0.3 is 5.11 Å². The molecular weight excluding hydrogens is 230 g/mol. The lowest BCUT2D eigenvalue weighted by Crippen LogP contribution is -2.00. The predicted octanol–water partition coefficient (Wildman–Crippen LogP) is 3.07. The molecule has 0 aliphatic rings. The molecule has 13 heavy (non-hydrogen) atoms. The summed E-state index contributed by atoms with van der Waals surface area (Å²) in [5.41, 5.74) is 0.746. The van der Waals surface area contributed by atoms with Crippen molar-refractivity contribution in [2.45, 2.75) is 32.3 Å². The van der Waals surface area contributed by atoms with E-state index in [1.165, 1.54) is 0 Å². The molecule has 1 aromatic rings. The zero-order chi connectivity index (χ0) is 9.68. The number of hydrogen-bond acceptors (Lipinski definition) is 2. The SMILES string of the molecule is CCCCC(O)c1ncccc1Br. The topological polar surface area (TPSA) is 33.1 Å². The van der Waals surface area contributed by atoms with E-state index in [0.717, 1.165) is 29.4 Å². The first-order chi connectivity index (χ1) is 6.25. The first-order valence-electron chi connectivity index (χ1n) is 4.54. The summed E-state index contributed by atoms with van der Waals surface area (Å²) in [6.45, 7) is 2.11. The monoisotopic (exact) mass is 243 g/mol. The Balaban J connectivity index is 2.65. The molecule has 1 N–H and O–H groups in total. The standard InChI is InChI=1S/C10H14BrNO/c1-2-3-6-9(13)10-8(11)5-4-7-12-10/h4-5,7,9,13H,2-3,6H2,1H3. The van der Waals surface area contributed by atoms with E-state index in [0.29, 0.717) is 0 Å². The van der Waals surface area contributed by atoms with E-state index >= 15 is 0 Å². The lowest BCUT2D eigenvalue weighted by molar-refractivity contribution is 0.159. The molecule has 2 nitrogen and oxygen atoms in total. The van der Waals surface area contributed by atoms with E-state index in [-0.39, 0.29) is 0 Å². The van der Waals surface area contributed by atoms with Crippen molar-refractivity contribution in [2.24, 2.45) is 0 Å². The van der Waals surface area contributed by atoms with Crippen LogP contribution in [0.3, 0.4) is 0 Å². The summed E-state index contributed by atoms with van der Waals surface area (Å²) < 4.78 is 0.888. The fourth-order valence-corrected chi connectivity index (χ4v) is 1.70. The zero-order valence-electron chi connectivity index (χ0n) is 7.70. The maximum Gasteiger partial charge on any atom is 0.0971 e. The average Bonchev–Trinajstić information content (AvgIpc) is 2.15. The van der Waals surface area contributed by atoms with Crippen LogP contribution in [0.25, 0.3) is 0 Å². The summed E-state index contributed by atoms with van der Waals surface area (Å²) in [5.74, 6) is 0. The predicted molar refractivity (Wildman–Crippen MR) is 56.4 cm³/mol. The molecule has 1 aromatic heterocycles. The molecule has 0 bridgehead atoms. The Labute approximate surface area is 87.1 Å². The molecule has 0 amide bonds. The molecule has 72 valence electrons. The van der Waals surface area contributed by atoms with Crippen LogP contribution in [0.1, 0.15) is 38.0 Å². The smallest absolute Gasteiger partial charge is 0.0971 e. The normalized spacial score (nSPS) is 12.8. The molecule has 0 aromatic carbocycles. The van der Waals surface area contributed by atoms with E-state index in [2.05, 4.69) is 27.8 Å². The average molecular weight is 244 g/mol. The van der Waals surface area contributed by atoms with Crippen molar-refractivity contribution in [3.63, 3.8) is 0 Å². The van der Waals surface area contributed by atoms with Gasteiger partial charge in [-0.1, -0.05) is 19.8 Å². The molecule has 1 atom stereocenters. The van der Waals surface area contributed by atoms with Gasteiger partial charge in [0.25, 0.3) is 0 Å². The van der Waals surface area contributed by atoms with Crippen LogP contribution >= 0.6 is 15.9 Å². The van der Waals surface area contributed by atoms with Gasteiger partial charge in [0.05, 0.1) is 11.8 Å². The highest BCUT2D eigenvalue weighted by Crippen LogP contribution is 2.24. The number of rotatable bonds is 4. The fourth-order valence-electron chi connectivity index (χ4n) is 1.18.